The largest absolute Gasteiger partial charge is 0.481 e. The number of nitrogens with zero attached hydrogens (tertiary/aromatic N) is 3. The number of benzene rings is 1. The molecule has 1 unspecified atom stereocenters. The van der Waals surface area contributed by atoms with Crippen molar-refractivity contribution in [3.8, 4) is 11.9 Å². The summed E-state index contributed by atoms with van der Waals surface area (Å²) in [6.45, 7) is 1.73. The number of rotatable bonds is 4. The van der Waals surface area contributed by atoms with E-state index in [1.165, 1.54) is 23.9 Å². The maximum atomic E-state index is 11.0. The van der Waals surface area contributed by atoms with Crippen molar-refractivity contribution < 1.29 is 14.6 Å². The summed E-state index contributed by atoms with van der Waals surface area (Å²) in [4.78, 5) is 11.0. The van der Waals surface area contributed by atoms with Crippen molar-refractivity contribution in [3.63, 3.8) is 0 Å². The standard InChI is InChI=1S/C13H14N4O3/c1-13(15,6-14)7-17-11(20-2)9-4-3-8(12(18)19)5-10(9)16-17/h3-5H,7,15H2,1-2H3,(H,18,19). The molecule has 0 aliphatic heterocycles. The first-order chi connectivity index (χ1) is 9.38. The van der Waals surface area contributed by atoms with E-state index in [0.717, 1.165) is 0 Å². The maximum absolute atomic E-state index is 11.0. The number of carbonyl (C=O) groups is 1. The van der Waals surface area contributed by atoms with E-state index in [1.54, 1.807) is 13.0 Å². The van der Waals surface area contributed by atoms with Gasteiger partial charge in [-0.3, -0.25) is 0 Å². The molecule has 1 heterocycles. The molecule has 2 aromatic rings. The predicted octanol–water partition coefficient (Wildman–Crippen LogP) is 0.984. The molecule has 0 radical (unpaired) electrons. The molecule has 20 heavy (non-hydrogen) atoms. The lowest BCUT2D eigenvalue weighted by Crippen LogP contribution is -2.39. The first-order valence-corrected chi connectivity index (χ1v) is 5.86. The first-order valence-electron chi connectivity index (χ1n) is 5.86. The number of ether oxygens (including phenoxy) is 1. The lowest BCUT2D eigenvalue weighted by atomic mass is 10.1. The van der Waals surface area contributed by atoms with Crippen molar-refractivity contribution in [2.75, 3.05) is 7.11 Å². The molecule has 0 aliphatic carbocycles. The fourth-order valence-electron chi connectivity index (χ4n) is 1.91. The van der Waals surface area contributed by atoms with Crippen LogP contribution >= 0.6 is 0 Å². The Morgan fingerprint density at radius 2 is 2.35 bits per heavy atom. The third-order valence-corrected chi connectivity index (χ3v) is 2.86. The Hall–Kier alpha value is -2.59. The van der Waals surface area contributed by atoms with Crippen LogP contribution in [0.3, 0.4) is 0 Å². The summed E-state index contributed by atoms with van der Waals surface area (Å²) in [5.41, 5.74) is 5.33. The quantitative estimate of drug-likeness (QED) is 0.859. The molecular weight excluding hydrogens is 260 g/mol. The van der Waals surface area contributed by atoms with E-state index in [9.17, 15) is 4.79 Å². The second-order valence-electron chi connectivity index (χ2n) is 4.73. The smallest absolute Gasteiger partial charge is 0.335 e. The molecule has 0 amide bonds. The Bertz CT molecular complexity index is 712. The molecule has 7 nitrogen and oxygen atoms in total. The van der Waals surface area contributed by atoms with E-state index >= 15 is 0 Å². The second kappa shape index (κ2) is 4.83. The Balaban J connectivity index is 2.56. The number of hydrogen-bond acceptors (Lipinski definition) is 5. The molecule has 0 saturated carbocycles. The fraction of sp³-hybridized carbons (Fsp3) is 0.308. The average molecular weight is 274 g/mol. The highest BCUT2D eigenvalue weighted by molar-refractivity contribution is 5.94. The summed E-state index contributed by atoms with van der Waals surface area (Å²) < 4.78 is 6.75. The van der Waals surface area contributed by atoms with Crippen LogP contribution in [0.2, 0.25) is 0 Å². The Morgan fingerprint density at radius 1 is 1.65 bits per heavy atom. The molecule has 0 fully saturated rings. The maximum Gasteiger partial charge on any atom is 0.335 e. The van der Waals surface area contributed by atoms with Crippen molar-refractivity contribution >= 4 is 16.9 Å². The van der Waals surface area contributed by atoms with E-state index in [4.69, 9.17) is 20.8 Å². The van der Waals surface area contributed by atoms with Gasteiger partial charge in [-0.25, -0.2) is 9.48 Å². The van der Waals surface area contributed by atoms with E-state index in [0.29, 0.717) is 16.8 Å². The first kappa shape index (κ1) is 13.8. The number of fused-ring (bicyclic) bond motifs is 1. The van der Waals surface area contributed by atoms with Gasteiger partial charge in [-0.05, 0) is 25.1 Å². The van der Waals surface area contributed by atoms with Crippen LogP contribution in [-0.4, -0.2) is 33.5 Å². The molecular formula is C13H14N4O3. The summed E-state index contributed by atoms with van der Waals surface area (Å²) >= 11 is 0. The molecule has 104 valence electrons. The molecule has 3 N–H and O–H groups in total. The normalized spacial score (nSPS) is 13.7. The van der Waals surface area contributed by atoms with Crippen LogP contribution in [0.4, 0.5) is 0 Å². The van der Waals surface area contributed by atoms with Gasteiger partial charge in [-0.1, -0.05) is 0 Å². The number of aromatic nitrogens is 2. The highest BCUT2D eigenvalue weighted by Crippen LogP contribution is 2.27. The van der Waals surface area contributed by atoms with Gasteiger partial charge in [0.15, 0.2) is 0 Å². The zero-order valence-electron chi connectivity index (χ0n) is 11.1. The minimum Gasteiger partial charge on any atom is -0.481 e. The molecule has 1 atom stereocenters. The number of nitriles is 1. The van der Waals surface area contributed by atoms with Crippen LogP contribution in [-0.2, 0) is 6.54 Å². The third-order valence-electron chi connectivity index (χ3n) is 2.86. The van der Waals surface area contributed by atoms with E-state index in [-0.39, 0.29) is 12.1 Å². The Kier molecular flexibility index (Phi) is 3.34. The van der Waals surface area contributed by atoms with Gasteiger partial charge in [0.05, 0.1) is 36.2 Å². The zero-order chi connectivity index (χ0) is 14.9. The van der Waals surface area contributed by atoms with Gasteiger partial charge in [-0.15, -0.1) is 0 Å². The van der Waals surface area contributed by atoms with Gasteiger partial charge >= 0.3 is 5.97 Å². The summed E-state index contributed by atoms with van der Waals surface area (Å²) in [6.07, 6.45) is 0. The zero-order valence-corrected chi connectivity index (χ0v) is 11.1. The van der Waals surface area contributed by atoms with Gasteiger partial charge in [0.2, 0.25) is 5.88 Å². The second-order valence-corrected chi connectivity index (χ2v) is 4.73. The van der Waals surface area contributed by atoms with Crippen LogP contribution in [0.15, 0.2) is 18.2 Å². The summed E-state index contributed by atoms with van der Waals surface area (Å²) in [5, 5.41) is 22.9. The summed E-state index contributed by atoms with van der Waals surface area (Å²) in [5.74, 6) is -0.579. The molecule has 0 aliphatic rings. The average Bonchev–Trinajstić information content (AvgIpc) is 2.73. The van der Waals surface area contributed by atoms with Gasteiger partial charge in [-0.2, -0.15) is 10.4 Å². The number of hydrogen-bond donors (Lipinski definition) is 2. The topological polar surface area (TPSA) is 114 Å². The molecule has 2 rings (SSSR count). The van der Waals surface area contributed by atoms with Gasteiger partial charge in [0, 0.05) is 0 Å². The lowest BCUT2D eigenvalue weighted by molar-refractivity contribution is 0.0697. The van der Waals surface area contributed by atoms with Gasteiger partial charge in [0.1, 0.15) is 5.54 Å². The third kappa shape index (κ3) is 2.41. The number of nitrogens with two attached hydrogens (primary N) is 1. The van der Waals surface area contributed by atoms with Crippen molar-refractivity contribution in [2.45, 2.75) is 19.0 Å². The van der Waals surface area contributed by atoms with Crippen LogP contribution in [0.25, 0.3) is 10.9 Å². The van der Waals surface area contributed by atoms with Crippen LogP contribution in [0, 0.1) is 11.3 Å². The molecule has 0 saturated heterocycles. The lowest BCUT2D eigenvalue weighted by Gasteiger charge is -2.16. The van der Waals surface area contributed by atoms with Crippen LogP contribution < -0.4 is 10.5 Å². The molecule has 0 bridgehead atoms. The van der Waals surface area contributed by atoms with Gasteiger partial charge < -0.3 is 15.6 Å². The minimum absolute atomic E-state index is 0.139. The van der Waals surface area contributed by atoms with E-state index in [1.807, 2.05) is 6.07 Å². The molecule has 0 spiro atoms. The Labute approximate surface area is 115 Å². The number of carboxylic acids is 1. The van der Waals surface area contributed by atoms with Crippen molar-refractivity contribution in [2.24, 2.45) is 5.73 Å². The van der Waals surface area contributed by atoms with Crippen molar-refractivity contribution in [3.05, 3.63) is 23.8 Å². The number of aromatic carboxylic acids is 1. The van der Waals surface area contributed by atoms with Crippen molar-refractivity contribution in [1.82, 2.24) is 9.78 Å². The molecule has 7 heteroatoms. The monoisotopic (exact) mass is 274 g/mol. The van der Waals surface area contributed by atoms with Crippen molar-refractivity contribution in [1.29, 1.82) is 5.26 Å². The van der Waals surface area contributed by atoms with Crippen LogP contribution in [0.5, 0.6) is 5.88 Å². The predicted molar refractivity (Wildman–Crippen MR) is 71.4 cm³/mol. The van der Waals surface area contributed by atoms with E-state index in [2.05, 4.69) is 5.10 Å². The SMILES string of the molecule is COc1c2ccc(C(=O)O)cc2nn1CC(C)(N)C#N. The summed E-state index contributed by atoms with van der Waals surface area (Å²) in [7, 11) is 1.48. The minimum atomic E-state index is -1.09. The summed E-state index contributed by atoms with van der Waals surface area (Å²) in [6, 6.07) is 6.54. The molecule has 1 aromatic carbocycles. The highest BCUT2D eigenvalue weighted by atomic mass is 16.5. The highest BCUT2D eigenvalue weighted by Gasteiger charge is 2.22. The van der Waals surface area contributed by atoms with Crippen LogP contribution in [0.1, 0.15) is 17.3 Å². The molecule has 1 aromatic heterocycles. The number of methoxy groups -OCH3 is 1. The number of carboxylic acid groups (broad SMARTS) is 1. The Morgan fingerprint density at radius 3 is 2.90 bits per heavy atom. The van der Waals surface area contributed by atoms with Gasteiger partial charge in [0.25, 0.3) is 0 Å². The fourth-order valence-corrected chi connectivity index (χ4v) is 1.91. The van der Waals surface area contributed by atoms with E-state index < -0.39 is 11.5 Å².